The number of benzene rings is 1. The molecule has 1 aliphatic rings. The summed E-state index contributed by atoms with van der Waals surface area (Å²) in [5.74, 6) is 0.632. The molecule has 0 heterocycles. The second-order valence-corrected chi connectivity index (χ2v) is 5.15. The fourth-order valence-electron chi connectivity index (χ4n) is 2.36. The van der Waals surface area contributed by atoms with Crippen molar-refractivity contribution in [2.24, 2.45) is 0 Å². The molecule has 1 N–H and O–H groups in total. The molecule has 1 unspecified atom stereocenters. The number of hydrogen-bond acceptors (Lipinski definition) is 1. The summed E-state index contributed by atoms with van der Waals surface area (Å²) in [5.41, 5.74) is 4.08. The molecule has 0 saturated carbocycles. The van der Waals surface area contributed by atoms with Crippen molar-refractivity contribution in [3.63, 3.8) is 0 Å². The molecule has 17 heavy (non-hydrogen) atoms. The molecule has 0 aliphatic heterocycles. The van der Waals surface area contributed by atoms with Gasteiger partial charge in [-0.3, -0.25) is 4.79 Å². The first-order valence-electron chi connectivity index (χ1n) is 6.29. The Morgan fingerprint density at radius 2 is 2.18 bits per heavy atom. The van der Waals surface area contributed by atoms with Gasteiger partial charge in [0.15, 0.2) is 0 Å². The Hall–Kier alpha value is -1.31. The van der Waals surface area contributed by atoms with Crippen LogP contribution in [0.5, 0.6) is 0 Å². The van der Waals surface area contributed by atoms with E-state index in [0.717, 1.165) is 12.8 Å². The number of carbonyl (C=O) groups is 1. The van der Waals surface area contributed by atoms with E-state index in [2.05, 4.69) is 43.8 Å². The Kier molecular flexibility index (Phi) is 3.51. The molecule has 2 heteroatoms. The highest BCUT2D eigenvalue weighted by Crippen LogP contribution is 2.26. The zero-order valence-electron chi connectivity index (χ0n) is 10.8. The molecule has 0 aromatic heterocycles. The number of fused-ring (bicyclic) bond motifs is 1. The molecule has 1 atom stereocenters. The van der Waals surface area contributed by atoms with Crippen LogP contribution in [0.2, 0.25) is 0 Å². The molecular formula is C15H20NO. The van der Waals surface area contributed by atoms with Crippen LogP contribution in [0.3, 0.4) is 0 Å². The lowest BCUT2D eigenvalue weighted by molar-refractivity contribution is -0.119. The summed E-state index contributed by atoms with van der Waals surface area (Å²) in [6, 6.07) is 6.96. The van der Waals surface area contributed by atoms with Crippen molar-refractivity contribution >= 4 is 5.91 Å². The lowest BCUT2D eigenvalue weighted by Gasteiger charge is -2.25. The second kappa shape index (κ2) is 4.91. The summed E-state index contributed by atoms with van der Waals surface area (Å²) in [6.45, 7) is 6.01. The van der Waals surface area contributed by atoms with E-state index in [-0.39, 0.29) is 11.9 Å². The van der Waals surface area contributed by atoms with Crippen LogP contribution in [-0.4, -0.2) is 11.9 Å². The fraction of sp³-hybridized carbons (Fsp3) is 0.467. The zero-order chi connectivity index (χ0) is 12.4. The van der Waals surface area contributed by atoms with Gasteiger partial charge >= 0.3 is 0 Å². The average Bonchev–Trinajstić information content (AvgIpc) is 2.27. The highest BCUT2D eigenvalue weighted by Gasteiger charge is 2.19. The molecule has 1 aromatic rings. The Morgan fingerprint density at radius 1 is 1.41 bits per heavy atom. The van der Waals surface area contributed by atoms with Gasteiger partial charge in [0.1, 0.15) is 0 Å². The number of amides is 1. The van der Waals surface area contributed by atoms with Crippen LogP contribution in [0.25, 0.3) is 0 Å². The van der Waals surface area contributed by atoms with Crippen LogP contribution in [0.1, 0.15) is 49.8 Å². The van der Waals surface area contributed by atoms with Crippen molar-refractivity contribution in [2.45, 2.75) is 45.6 Å². The van der Waals surface area contributed by atoms with Gasteiger partial charge in [-0.05, 0) is 41.9 Å². The highest BCUT2D eigenvalue weighted by molar-refractivity contribution is 5.73. The molecule has 1 radical (unpaired) electrons. The minimum atomic E-state index is 0.0608. The average molecular weight is 230 g/mol. The maximum absolute atomic E-state index is 11.0. The SMILES string of the molecule is CC(=O)NC1C[CH]c2cc(C(C)C)ccc2C1. The maximum atomic E-state index is 11.0. The van der Waals surface area contributed by atoms with E-state index in [1.165, 1.54) is 16.7 Å². The van der Waals surface area contributed by atoms with E-state index in [1.54, 1.807) is 6.92 Å². The van der Waals surface area contributed by atoms with E-state index < -0.39 is 0 Å². The monoisotopic (exact) mass is 230 g/mol. The Labute approximate surface area is 103 Å². The number of carbonyl (C=O) groups excluding carboxylic acids is 1. The third-order valence-corrected chi connectivity index (χ3v) is 3.33. The standard InChI is InChI=1S/C15H20NO/c1-10(2)12-4-5-14-9-15(16-11(3)17)7-6-13(14)8-12/h4-6,8,10,15H,7,9H2,1-3H3,(H,16,17). The van der Waals surface area contributed by atoms with Gasteiger partial charge in [0.2, 0.25) is 5.91 Å². The van der Waals surface area contributed by atoms with Crippen LogP contribution in [0.4, 0.5) is 0 Å². The van der Waals surface area contributed by atoms with E-state index in [9.17, 15) is 4.79 Å². The first kappa shape index (κ1) is 12.2. The van der Waals surface area contributed by atoms with Gasteiger partial charge in [-0.25, -0.2) is 0 Å². The summed E-state index contributed by atoms with van der Waals surface area (Å²) >= 11 is 0. The third-order valence-electron chi connectivity index (χ3n) is 3.33. The molecular weight excluding hydrogens is 210 g/mol. The molecule has 1 aliphatic carbocycles. The minimum Gasteiger partial charge on any atom is -0.353 e. The van der Waals surface area contributed by atoms with Gasteiger partial charge in [-0.15, -0.1) is 0 Å². The van der Waals surface area contributed by atoms with Gasteiger partial charge < -0.3 is 5.32 Å². The first-order valence-corrected chi connectivity index (χ1v) is 6.29. The maximum Gasteiger partial charge on any atom is 0.217 e. The Balaban J connectivity index is 2.14. The van der Waals surface area contributed by atoms with Crippen LogP contribution in [0, 0.1) is 6.42 Å². The Bertz CT molecular complexity index is 423. The van der Waals surface area contributed by atoms with Gasteiger partial charge in [0, 0.05) is 13.0 Å². The lowest BCUT2D eigenvalue weighted by atomic mass is 9.86. The van der Waals surface area contributed by atoms with Crippen LogP contribution in [0.15, 0.2) is 18.2 Å². The van der Waals surface area contributed by atoms with Crippen molar-refractivity contribution < 1.29 is 4.79 Å². The van der Waals surface area contributed by atoms with Gasteiger partial charge in [-0.1, -0.05) is 32.0 Å². The van der Waals surface area contributed by atoms with Gasteiger partial charge in [0.05, 0.1) is 0 Å². The van der Waals surface area contributed by atoms with Crippen molar-refractivity contribution in [3.8, 4) is 0 Å². The van der Waals surface area contributed by atoms with Crippen molar-refractivity contribution in [1.29, 1.82) is 0 Å². The molecule has 0 bridgehead atoms. The fourth-order valence-corrected chi connectivity index (χ4v) is 2.36. The van der Waals surface area contributed by atoms with Crippen LogP contribution < -0.4 is 5.32 Å². The number of hydrogen-bond donors (Lipinski definition) is 1. The third kappa shape index (κ3) is 2.87. The predicted octanol–water partition coefficient (Wildman–Crippen LogP) is 2.81. The number of nitrogens with one attached hydrogen (secondary N) is 1. The molecule has 2 rings (SSSR count). The molecule has 0 fully saturated rings. The second-order valence-electron chi connectivity index (χ2n) is 5.15. The number of rotatable bonds is 2. The van der Waals surface area contributed by atoms with E-state index in [0.29, 0.717) is 5.92 Å². The summed E-state index contributed by atoms with van der Waals surface area (Å²) in [5, 5.41) is 2.99. The quantitative estimate of drug-likeness (QED) is 0.831. The summed E-state index contributed by atoms with van der Waals surface area (Å²) < 4.78 is 0. The summed E-state index contributed by atoms with van der Waals surface area (Å²) in [4.78, 5) is 11.0. The van der Waals surface area contributed by atoms with E-state index >= 15 is 0 Å². The van der Waals surface area contributed by atoms with E-state index in [4.69, 9.17) is 0 Å². The van der Waals surface area contributed by atoms with Gasteiger partial charge in [-0.2, -0.15) is 0 Å². The summed E-state index contributed by atoms with van der Waals surface area (Å²) in [6.07, 6.45) is 4.13. The smallest absolute Gasteiger partial charge is 0.217 e. The van der Waals surface area contributed by atoms with Gasteiger partial charge in [0.25, 0.3) is 0 Å². The first-order chi connectivity index (χ1) is 8.06. The topological polar surface area (TPSA) is 29.1 Å². The Morgan fingerprint density at radius 3 is 2.82 bits per heavy atom. The van der Waals surface area contributed by atoms with Crippen molar-refractivity contribution in [3.05, 3.63) is 41.3 Å². The molecule has 1 amide bonds. The highest BCUT2D eigenvalue weighted by atomic mass is 16.1. The molecule has 2 nitrogen and oxygen atoms in total. The van der Waals surface area contributed by atoms with Crippen molar-refractivity contribution in [2.75, 3.05) is 0 Å². The van der Waals surface area contributed by atoms with Crippen molar-refractivity contribution in [1.82, 2.24) is 5.32 Å². The summed E-state index contributed by atoms with van der Waals surface area (Å²) in [7, 11) is 0. The van der Waals surface area contributed by atoms with Crippen LogP contribution >= 0.6 is 0 Å². The minimum absolute atomic E-state index is 0.0608. The van der Waals surface area contributed by atoms with E-state index in [1.807, 2.05) is 0 Å². The lowest BCUT2D eigenvalue weighted by Crippen LogP contribution is -2.37. The molecule has 91 valence electrons. The zero-order valence-corrected chi connectivity index (χ0v) is 10.8. The molecule has 0 spiro atoms. The van der Waals surface area contributed by atoms with Crippen LogP contribution in [-0.2, 0) is 11.2 Å². The molecule has 0 saturated heterocycles. The largest absolute Gasteiger partial charge is 0.353 e. The predicted molar refractivity (Wildman–Crippen MR) is 69.9 cm³/mol. The molecule has 1 aromatic carbocycles. The normalized spacial score (nSPS) is 18.9.